The Labute approximate surface area is 139 Å². The Kier molecular flexibility index (Phi) is 5.58. The first-order valence-corrected chi connectivity index (χ1v) is 8.34. The van der Waals surface area contributed by atoms with Gasteiger partial charge in [0.25, 0.3) is 5.91 Å². The second kappa shape index (κ2) is 7.17. The molecule has 0 aliphatic carbocycles. The van der Waals surface area contributed by atoms with Crippen LogP contribution in [0.15, 0.2) is 6.33 Å². The summed E-state index contributed by atoms with van der Waals surface area (Å²) in [6.07, 6.45) is -3.34. The SMILES string of the molecule is C#Cc1c(C(N)=O)ncn1[C@@H]1O[C@H](COP(=O)(O)C(F)F)[C@@H](O)[C@H]1O. The molecule has 1 unspecified atom stereocenters. The molecule has 5 atom stereocenters. The summed E-state index contributed by atoms with van der Waals surface area (Å²) in [4.78, 5) is 23.9. The molecule has 1 amide bonds. The number of carbonyl (C=O) groups excluding carboxylic acids is 1. The van der Waals surface area contributed by atoms with Crippen molar-refractivity contribution in [1.29, 1.82) is 0 Å². The minimum Gasteiger partial charge on any atom is -0.387 e. The zero-order chi connectivity index (χ0) is 18.9. The van der Waals surface area contributed by atoms with Crippen LogP contribution < -0.4 is 5.73 Å². The number of rotatable bonds is 6. The number of amides is 1. The molecule has 0 bridgehead atoms. The predicted octanol–water partition coefficient (Wildman–Crippen LogP) is -0.993. The van der Waals surface area contributed by atoms with E-state index in [1.54, 1.807) is 0 Å². The molecule has 25 heavy (non-hydrogen) atoms. The van der Waals surface area contributed by atoms with E-state index in [1.165, 1.54) is 0 Å². The number of nitrogens with two attached hydrogens (primary N) is 1. The van der Waals surface area contributed by atoms with Crippen molar-refractivity contribution < 1.29 is 42.5 Å². The second-order valence-electron chi connectivity index (χ2n) is 5.04. The molecule has 138 valence electrons. The van der Waals surface area contributed by atoms with Crippen molar-refractivity contribution in [3.05, 3.63) is 17.7 Å². The van der Waals surface area contributed by atoms with Gasteiger partial charge in [-0.1, -0.05) is 0 Å². The molecule has 0 radical (unpaired) electrons. The second-order valence-corrected chi connectivity index (χ2v) is 6.82. The molecule has 1 fully saturated rings. The van der Waals surface area contributed by atoms with Gasteiger partial charge in [0.15, 0.2) is 11.9 Å². The number of alkyl halides is 2. The van der Waals surface area contributed by atoms with Gasteiger partial charge in [-0.15, -0.1) is 6.42 Å². The lowest BCUT2D eigenvalue weighted by Gasteiger charge is -2.18. The molecular weight excluding hydrogens is 367 g/mol. The van der Waals surface area contributed by atoms with Gasteiger partial charge in [0.1, 0.15) is 24.0 Å². The molecule has 0 saturated carbocycles. The Morgan fingerprint density at radius 3 is 2.72 bits per heavy atom. The largest absolute Gasteiger partial charge is 0.394 e. The van der Waals surface area contributed by atoms with E-state index in [2.05, 4.69) is 15.4 Å². The Hall–Kier alpha value is -1.87. The van der Waals surface area contributed by atoms with E-state index in [4.69, 9.17) is 21.8 Å². The highest BCUT2D eigenvalue weighted by Crippen LogP contribution is 2.49. The van der Waals surface area contributed by atoms with Gasteiger partial charge in [0.2, 0.25) is 0 Å². The monoisotopic (exact) mass is 381 g/mol. The number of halogens is 2. The lowest BCUT2D eigenvalue weighted by Crippen LogP contribution is -2.33. The van der Waals surface area contributed by atoms with Crippen LogP contribution in [0.1, 0.15) is 22.4 Å². The van der Waals surface area contributed by atoms with Gasteiger partial charge in [-0.3, -0.25) is 13.9 Å². The van der Waals surface area contributed by atoms with Crippen molar-refractivity contribution >= 4 is 13.5 Å². The summed E-state index contributed by atoms with van der Waals surface area (Å²) in [5.74, 6) is 1.20. The minimum absolute atomic E-state index is 0.134. The van der Waals surface area contributed by atoms with Gasteiger partial charge in [-0.25, -0.2) is 4.98 Å². The third-order valence-corrected chi connectivity index (χ3v) is 4.46. The molecule has 5 N–H and O–H groups in total. The summed E-state index contributed by atoms with van der Waals surface area (Å²) in [5.41, 5.74) is 4.70. The zero-order valence-electron chi connectivity index (χ0n) is 12.4. The first-order valence-electron chi connectivity index (χ1n) is 6.70. The minimum atomic E-state index is -5.20. The number of aliphatic hydroxyl groups excluding tert-OH is 2. The molecule has 0 spiro atoms. The Balaban J connectivity index is 2.19. The highest BCUT2D eigenvalue weighted by atomic mass is 31.2. The van der Waals surface area contributed by atoms with Crippen molar-refractivity contribution in [3.63, 3.8) is 0 Å². The number of hydrogen-bond donors (Lipinski definition) is 4. The Morgan fingerprint density at radius 1 is 1.56 bits per heavy atom. The van der Waals surface area contributed by atoms with Crippen LogP contribution in [0.5, 0.6) is 0 Å². The molecule has 13 heteroatoms. The fourth-order valence-corrected chi connectivity index (χ4v) is 2.68. The maximum absolute atomic E-state index is 12.3. The quantitative estimate of drug-likeness (QED) is 0.361. The third-order valence-electron chi connectivity index (χ3n) is 3.45. The van der Waals surface area contributed by atoms with Crippen molar-refractivity contribution in [2.24, 2.45) is 5.73 Å². The van der Waals surface area contributed by atoms with Crippen LogP contribution in [0.4, 0.5) is 8.78 Å². The highest BCUT2D eigenvalue weighted by Gasteiger charge is 2.46. The Bertz CT molecular complexity index is 750. The number of nitrogens with zero attached hydrogens (tertiary/aromatic N) is 2. The van der Waals surface area contributed by atoms with E-state index in [0.29, 0.717) is 0 Å². The van der Waals surface area contributed by atoms with Crippen molar-refractivity contribution in [2.75, 3.05) is 6.61 Å². The summed E-state index contributed by atoms with van der Waals surface area (Å²) >= 11 is 0. The summed E-state index contributed by atoms with van der Waals surface area (Å²) in [6, 6.07) is 0. The Morgan fingerprint density at radius 2 is 2.20 bits per heavy atom. The van der Waals surface area contributed by atoms with Gasteiger partial charge in [0, 0.05) is 0 Å². The average Bonchev–Trinajstić information content (AvgIpc) is 3.08. The van der Waals surface area contributed by atoms with Gasteiger partial charge in [-0.05, 0) is 5.92 Å². The third kappa shape index (κ3) is 3.72. The number of aromatic nitrogens is 2. The van der Waals surface area contributed by atoms with Crippen LogP contribution in [0.3, 0.4) is 0 Å². The van der Waals surface area contributed by atoms with Crippen LogP contribution in [0, 0.1) is 12.3 Å². The van der Waals surface area contributed by atoms with Crippen molar-refractivity contribution in [1.82, 2.24) is 9.55 Å². The van der Waals surface area contributed by atoms with Crippen molar-refractivity contribution in [3.8, 4) is 12.3 Å². The van der Waals surface area contributed by atoms with Crippen LogP contribution in [-0.2, 0) is 13.8 Å². The highest BCUT2D eigenvalue weighted by molar-refractivity contribution is 7.53. The smallest absolute Gasteiger partial charge is 0.387 e. The van der Waals surface area contributed by atoms with Crippen molar-refractivity contribution in [2.45, 2.75) is 30.7 Å². The maximum Gasteiger partial charge on any atom is 0.394 e. The normalized spacial score (nSPS) is 28.7. The van der Waals surface area contributed by atoms with Gasteiger partial charge < -0.3 is 30.1 Å². The van der Waals surface area contributed by atoms with E-state index < -0.39 is 50.8 Å². The summed E-state index contributed by atoms with van der Waals surface area (Å²) < 4.78 is 46.2. The lowest BCUT2D eigenvalue weighted by atomic mass is 10.1. The van der Waals surface area contributed by atoms with E-state index >= 15 is 0 Å². The first-order chi connectivity index (χ1) is 11.6. The molecule has 1 saturated heterocycles. The van der Waals surface area contributed by atoms with Crippen LogP contribution in [-0.4, -0.2) is 61.7 Å². The number of imidazole rings is 1. The molecule has 1 aliphatic rings. The average molecular weight is 381 g/mol. The summed E-state index contributed by atoms with van der Waals surface area (Å²) in [7, 11) is -5.20. The first kappa shape index (κ1) is 19.5. The van der Waals surface area contributed by atoms with E-state index in [1.807, 2.05) is 0 Å². The zero-order valence-corrected chi connectivity index (χ0v) is 13.3. The van der Waals surface area contributed by atoms with Crippen LogP contribution in [0.2, 0.25) is 0 Å². The molecule has 1 aromatic heterocycles. The topological polar surface area (TPSA) is 157 Å². The van der Waals surface area contributed by atoms with Crippen LogP contribution >= 0.6 is 7.60 Å². The number of aliphatic hydroxyl groups is 2. The molecular formula is C12H14F2N3O7P. The molecule has 1 aromatic rings. The molecule has 2 rings (SSSR count). The summed E-state index contributed by atoms with van der Waals surface area (Å²) in [5, 5.41) is 20.0. The molecule has 10 nitrogen and oxygen atoms in total. The van der Waals surface area contributed by atoms with E-state index in [0.717, 1.165) is 10.9 Å². The fourth-order valence-electron chi connectivity index (χ4n) is 2.21. The van der Waals surface area contributed by atoms with E-state index in [-0.39, 0.29) is 11.4 Å². The standard InChI is InChI=1S/C12H14F2N3O7P/c1-2-5-7(10(15)20)16-4-17(5)11-9(19)8(18)6(24-11)3-23-25(21,22)12(13)14/h1,4,6,8-9,11-12,18-19H,3H2,(H2,15,20)(H,21,22)/t6-,8-,9-,11-/m1/s1. The number of primary amides is 1. The molecule has 2 heterocycles. The molecule has 1 aliphatic heterocycles. The van der Waals surface area contributed by atoms with Crippen LogP contribution in [0.25, 0.3) is 0 Å². The number of terminal acetylenes is 1. The van der Waals surface area contributed by atoms with Gasteiger partial charge >= 0.3 is 13.8 Å². The van der Waals surface area contributed by atoms with Gasteiger partial charge in [0.05, 0.1) is 12.9 Å². The van der Waals surface area contributed by atoms with Gasteiger partial charge in [-0.2, -0.15) is 8.78 Å². The van der Waals surface area contributed by atoms with E-state index in [9.17, 15) is 28.4 Å². The maximum atomic E-state index is 12.3. The fraction of sp³-hybridized carbons (Fsp3) is 0.500. The number of hydrogen-bond acceptors (Lipinski definition) is 7. The number of carbonyl (C=O) groups is 1. The molecule has 0 aromatic carbocycles. The lowest BCUT2D eigenvalue weighted by molar-refractivity contribution is -0.0518. The predicted molar refractivity (Wildman–Crippen MR) is 76.4 cm³/mol. The summed E-state index contributed by atoms with van der Waals surface area (Å²) in [6.45, 7) is -0.893. The number of ether oxygens (including phenoxy) is 1.